The number of hydrogen-bond donors (Lipinski definition) is 0. The van der Waals surface area contributed by atoms with Crippen molar-refractivity contribution in [2.45, 2.75) is 6.42 Å². The van der Waals surface area contributed by atoms with E-state index in [-0.39, 0.29) is 12.0 Å². The van der Waals surface area contributed by atoms with Crippen molar-refractivity contribution in [3.63, 3.8) is 0 Å². The fraction of sp³-hybridized carbons (Fsp3) is 0.167. The Balaban J connectivity index is 3.10. The summed E-state index contributed by atoms with van der Waals surface area (Å²) in [5.41, 5.74) is -0.479. The second-order valence-corrected chi connectivity index (χ2v) is 3.12. The Hall–Kier alpha value is -2.22. The van der Waals surface area contributed by atoms with E-state index < -0.39 is 23.2 Å². The molecule has 0 aliphatic heterocycles. The zero-order valence-corrected chi connectivity index (χ0v) is 9.04. The van der Waals surface area contributed by atoms with Crippen molar-refractivity contribution in [2.75, 3.05) is 7.11 Å². The molecule has 0 saturated carbocycles. The Labute approximate surface area is 96.9 Å². The number of methoxy groups -OCH3 is 1. The van der Waals surface area contributed by atoms with E-state index in [1.807, 2.05) is 6.07 Å². The van der Waals surface area contributed by atoms with Gasteiger partial charge < -0.3 is 4.74 Å². The standard InChI is InChI=1S/C12H9F2NO2/c1-17-12(16)11-9(13)6-8(7-10(11)14)4-2-3-5-15/h2,4,6-7H,3H2,1H3. The van der Waals surface area contributed by atoms with Crippen LogP contribution in [-0.4, -0.2) is 13.1 Å². The topological polar surface area (TPSA) is 50.1 Å². The summed E-state index contributed by atoms with van der Waals surface area (Å²) in [7, 11) is 1.04. The lowest BCUT2D eigenvalue weighted by Crippen LogP contribution is -2.08. The first kappa shape index (κ1) is 12.8. The fourth-order valence-corrected chi connectivity index (χ4v) is 1.23. The summed E-state index contributed by atoms with van der Waals surface area (Å²) in [5, 5.41) is 8.29. The van der Waals surface area contributed by atoms with E-state index in [1.54, 1.807) is 0 Å². The van der Waals surface area contributed by atoms with Gasteiger partial charge >= 0.3 is 5.97 Å². The Morgan fingerprint density at radius 3 is 2.53 bits per heavy atom. The number of ether oxygens (including phenoxy) is 1. The summed E-state index contributed by atoms with van der Waals surface area (Å²) in [4.78, 5) is 11.1. The number of esters is 1. The van der Waals surface area contributed by atoms with Crippen LogP contribution in [0.3, 0.4) is 0 Å². The van der Waals surface area contributed by atoms with Crippen LogP contribution in [0, 0.1) is 23.0 Å². The zero-order chi connectivity index (χ0) is 12.8. The third-order valence-corrected chi connectivity index (χ3v) is 1.97. The summed E-state index contributed by atoms with van der Waals surface area (Å²) in [6, 6.07) is 3.86. The SMILES string of the molecule is COC(=O)c1c(F)cc(C=CCC#N)cc1F. The van der Waals surface area contributed by atoms with Gasteiger partial charge in [-0.25, -0.2) is 13.6 Å². The molecule has 88 valence electrons. The minimum atomic E-state index is -1.06. The van der Waals surface area contributed by atoms with E-state index in [4.69, 9.17) is 5.26 Å². The number of nitriles is 1. The van der Waals surface area contributed by atoms with E-state index in [9.17, 15) is 13.6 Å². The lowest BCUT2D eigenvalue weighted by atomic mass is 10.1. The van der Waals surface area contributed by atoms with Gasteiger partial charge in [0.25, 0.3) is 0 Å². The molecule has 0 aliphatic carbocycles. The van der Waals surface area contributed by atoms with Crippen LogP contribution in [0.2, 0.25) is 0 Å². The lowest BCUT2D eigenvalue weighted by molar-refractivity contribution is 0.0590. The summed E-state index contributed by atoms with van der Waals surface area (Å²) in [6.07, 6.45) is 3.00. The fourth-order valence-electron chi connectivity index (χ4n) is 1.23. The first-order valence-corrected chi connectivity index (χ1v) is 4.71. The molecule has 1 rings (SSSR count). The van der Waals surface area contributed by atoms with Gasteiger partial charge in [0.15, 0.2) is 0 Å². The van der Waals surface area contributed by atoms with E-state index in [0.717, 1.165) is 19.2 Å². The number of nitrogens with zero attached hydrogens (tertiary/aromatic N) is 1. The normalized spacial score (nSPS) is 10.2. The zero-order valence-electron chi connectivity index (χ0n) is 9.04. The number of halogens is 2. The average molecular weight is 237 g/mol. The molecule has 0 N–H and O–H groups in total. The van der Waals surface area contributed by atoms with E-state index in [0.29, 0.717) is 0 Å². The van der Waals surface area contributed by atoms with Crippen LogP contribution in [0.15, 0.2) is 18.2 Å². The van der Waals surface area contributed by atoms with Crippen LogP contribution in [0.5, 0.6) is 0 Å². The molecule has 0 amide bonds. The number of benzene rings is 1. The molecule has 1 aromatic rings. The van der Waals surface area contributed by atoms with E-state index in [1.165, 1.54) is 12.2 Å². The first-order chi connectivity index (χ1) is 8.10. The van der Waals surface area contributed by atoms with Gasteiger partial charge in [-0.3, -0.25) is 0 Å². The molecule has 0 bridgehead atoms. The van der Waals surface area contributed by atoms with E-state index in [2.05, 4.69) is 4.74 Å². The summed E-state index contributed by atoms with van der Waals surface area (Å²) in [6.45, 7) is 0. The molecule has 5 heteroatoms. The third-order valence-electron chi connectivity index (χ3n) is 1.97. The number of rotatable bonds is 3. The Kier molecular flexibility index (Phi) is 4.35. The molecule has 0 saturated heterocycles. The highest BCUT2D eigenvalue weighted by molar-refractivity contribution is 5.90. The highest BCUT2D eigenvalue weighted by atomic mass is 19.1. The first-order valence-electron chi connectivity index (χ1n) is 4.71. The largest absolute Gasteiger partial charge is 0.465 e. The number of hydrogen-bond acceptors (Lipinski definition) is 3. The smallest absolute Gasteiger partial charge is 0.343 e. The number of carbonyl (C=O) groups is 1. The molecular formula is C12H9F2NO2. The number of allylic oxidation sites excluding steroid dienone is 1. The second kappa shape index (κ2) is 5.75. The molecule has 0 heterocycles. The van der Waals surface area contributed by atoms with Gasteiger partial charge in [-0.05, 0) is 17.7 Å². The molecule has 0 fully saturated rings. The predicted molar refractivity (Wildman–Crippen MR) is 57.0 cm³/mol. The molecular weight excluding hydrogens is 228 g/mol. The average Bonchev–Trinajstić information content (AvgIpc) is 2.28. The summed E-state index contributed by atoms with van der Waals surface area (Å²) < 4.78 is 31.1. The van der Waals surface area contributed by atoms with Crippen molar-refractivity contribution >= 4 is 12.0 Å². The van der Waals surface area contributed by atoms with Crippen molar-refractivity contribution in [1.29, 1.82) is 5.26 Å². The molecule has 0 aliphatic rings. The predicted octanol–water partition coefficient (Wildman–Crippen LogP) is 2.68. The van der Waals surface area contributed by atoms with Gasteiger partial charge in [0.1, 0.15) is 17.2 Å². The number of carbonyl (C=O) groups excluding carboxylic acids is 1. The van der Waals surface area contributed by atoms with Crippen molar-refractivity contribution in [3.05, 3.63) is 41.0 Å². The maximum absolute atomic E-state index is 13.4. The second-order valence-electron chi connectivity index (χ2n) is 3.12. The quantitative estimate of drug-likeness (QED) is 0.759. The van der Waals surface area contributed by atoms with E-state index >= 15 is 0 Å². The third kappa shape index (κ3) is 3.11. The van der Waals surface area contributed by atoms with Crippen molar-refractivity contribution in [2.24, 2.45) is 0 Å². The van der Waals surface area contributed by atoms with Gasteiger partial charge in [-0.15, -0.1) is 0 Å². The molecule has 0 spiro atoms. The molecule has 0 atom stereocenters. The maximum atomic E-state index is 13.4. The minimum absolute atomic E-state index is 0.141. The lowest BCUT2D eigenvalue weighted by Gasteiger charge is -2.04. The Bertz CT molecular complexity index is 481. The molecule has 0 unspecified atom stereocenters. The van der Waals surface area contributed by atoms with Crippen LogP contribution in [0.25, 0.3) is 6.08 Å². The highest BCUT2D eigenvalue weighted by Crippen LogP contribution is 2.17. The summed E-state index contributed by atoms with van der Waals surface area (Å²) in [5.74, 6) is -3.05. The van der Waals surface area contributed by atoms with Gasteiger partial charge in [0.2, 0.25) is 0 Å². The van der Waals surface area contributed by atoms with Crippen molar-refractivity contribution < 1.29 is 18.3 Å². The summed E-state index contributed by atoms with van der Waals surface area (Å²) >= 11 is 0. The van der Waals surface area contributed by atoms with Gasteiger partial charge in [0, 0.05) is 0 Å². The van der Waals surface area contributed by atoms with Gasteiger partial charge in [0.05, 0.1) is 19.6 Å². The van der Waals surface area contributed by atoms with Crippen molar-refractivity contribution in [1.82, 2.24) is 0 Å². The van der Waals surface area contributed by atoms with Crippen LogP contribution in [0.4, 0.5) is 8.78 Å². The monoisotopic (exact) mass is 237 g/mol. The highest BCUT2D eigenvalue weighted by Gasteiger charge is 2.18. The van der Waals surface area contributed by atoms with Crippen LogP contribution < -0.4 is 0 Å². The molecule has 0 aromatic heterocycles. The maximum Gasteiger partial charge on any atom is 0.343 e. The minimum Gasteiger partial charge on any atom is -0.465 e. The van der Waals surface area contributed by atoms with Gasteiger partial charge in [-0.1, -0.05) is 12.2 Å². The Morgan fingerprint density at radius 1 is 1.47 bits per heavy atom. The van der Waals surface area contributed by atoms with Crippen LogP contribution >= 0.6 is 0 Å². The molecule has 0 radical (unpaired) electrons. The molecule has 3 nitrogen and oxygen atoms in total. The van der Waals surface area contributed by atoms with Crippen LogP contribution in [-0.2, 0) is 4.74 Å². The van der Waals surface area contributed by atoms with Crippen molar-refractivity contribution in [3.8, 4) is 6.07 Å². The molecule has 1 aromatic carbocycles. The molecule has 17 heavy (non-hydrogen) atoms. The Morgan fingerprint density at radius 2 is 2.06 bits per heavy atom. The van der Waals surface area contributed by atoms with Gasteiger partial charge in [-0.2, -0.15) is 5.26 Å². The van der Waals surface area contributed by atoms with Crippen LogP contribution in [0.1, 0.15) is 22.3 Å².